The van der Waals surface area contributed by atoms with Crippen molar-refractivity contribution in [1.82, 2.24) is 15.1 Å². The van der Waals surface area contributed by atoms with E-state index in [9.17, 15) is 4.39 Å². The molecule has 14 heavy (non-hydrogen) atoms. The molecule has 0 aliphatic carbocycles. The van der Waals surface area contributed by atoms with Crippen molar-refractivity contribution in [3.63, 3.8) is 0 Å². The smallest absolute Gasteiger partial charge is 0.164 e. The zero-order valence-corrected chi connectivity index (χ0v) is 8.68. The van der Waals surface area contributed by atoms with Gasteiger partial charge in [-0.2, -0.15) is 5.10 Å². The van der Waals surface area contributed by atoms with E-state index >= 15 is 0 Å². The van der Waals surface area contributed by atoms with Gasteiger partial charge in [-0.15, -0.1) is 0 Å². The van der Waals surface area contributed by atoms with Gasteiger partial charge in [0.2, 0.25) is 0 Å². The lowest BCUT2D eigenvalue weighted by molar-refractivity contribution is 0.111. The molecule has 1 atom stereocenters. The van der Waals surface area contributed by atoms with Gasteiger partial charge in [-0.25, -0.2) is 4.39 Å². The minimum absolute atomic E-state index is 0.410. The van der Waals surface area contributed by atoms with E-state index in [0.29, 0.717) is 13.0 Å². The first-order chi connectivity index (χ1) is 6.63. The van der Waals surface area contributed by atoms with Gasteiger partial charge in [0.25, 0.3) is 0 Å². The number of rotatable bonds is 1. The summed E-state index contributed by atoms with van der Waals surface area (Å²) in [6, 6.07) is 0. The van der Waals surface area contributed by atoms with Crippen LogP contribution in [-0.2, 0) is 12.7 Å². The van der Waals surface area contributed by atoms with Crippen molar-refractivity contribution in [2.24, 2.45) is 7.05 Å². The summed E-state index contributed by atoms with van der Waals surface area (Å²) in [6.07, 6.45) is 3.22. The normalized spacial score (nSPS) is 27.9. The molecule has 1 aliphatic rings. The fraction of sp³-hybridized carbons (Fsp3) is 0.700. The second-order valence-corrected chi connectivity index (χ2v) is 4.05. The summed E-state index contributed by atoms with van der Waals surface area (Å²) in [5.41, 5.74) is 0.441. The van der Waals surface area contributed by atoms with Crippen LogP contribution >= 0.6 is 0 Å². The summed E-state index contributed by atoms with van der Waals surface area (Å²) in [5, 5.41) is 7.19. The minimum Gasteiger partial charge on any atom is -0.313 e. The molecule has 2 rings (SSSR count). The molecule has 0 saturated carbocycles. The van der Waals surface area contributed by atoms with Gasteiger partial charge in [-0.3, -0.25) is 4.68 Å². The Hall–Kier alpha value is -0.900. The highest BCUT2D eigenvalue weighted by Gasteiger charge is 2.37. The summed E-state index contributed by atoms with van der Waals surface area (Å²) in [7, 11) is 1.80. The zero-order chi connectivity index (χ0) is 10.2. The fourth-order valence-electron chi connectivity index (χ4n) is 2.26. The van der Waals surface area contributed by atoms with Crippen LogP contribution in [0.5, 0.6) is 0 Å². The monoisotopic (exact) mass is 197 g/mol. The number of aryl methyl sites for hydroxylation is 2. The van der Waals surface area contributed by atoms with Crippen LogP contribution in [0.1, 0.15) is 24.1 Å². The van der Waals surface area contributed by atoms with E-state index < -0.39 is 5.67 Å². The Balaban J connectivity index is 2.36. The maximum atomic E-state index is 14.5. The predicted molar refractivity (Wildman–Crippen MR) is 52.8 cm³/mol. The maximum Gasteiger partial charge on any atom is 0.164 e. The molecule has 3 nitrogen and oxygen atoms in total. The molecule has 1 N–H and O–H groups in total. The quantitative estimate of drug-likeness (QED) is 0.735. The molecule has 1 aromatic heterocycles. The second kappa shape index (κ2) is 3.35. The number of halogens is 1. The van der Waals surface area contributed by atoms with Gasteiger partial charge < -0.3 is 5.32 Å². The number of nitrogens with zero attached hydrogens (tertiary/aromatic N) is 2. The maximum absolute atomic E-state index is 14.5. The van der Waals surface area contributed by atoms with E-state index in [4.69, 9.17) is 0 Å². The molecule has 0 radical (unpaired) electrons. The van der Waals surface area contributed by atoms with Crippen molar-refractivity contribution in [2.45, 2.75) is 25.4 Å². The molecular weight excluding hydrogens is 181 g/mol. The largest absolute Gasteiger partial charge is 0.313 e. The van der Waals surface area contributed by atoms with Crippen molar-refractivity contribution < 1.29 is 4.39 Å². The number of piperidine rings is 1. The Morgan fingerprint density at radius 3 is 2.93 bits per heavy atom. The zero-order valence-electron chi connectivity index (χ0n) is 8.68. The summed E-state index contributed by atoms with van der Waals surface area (Å²) in [5.74, 6) is 0. The topological polar surface area (TPSA) is 29.9 Å². The Morgan fingerprint density at radius 2 is 2.43 bits per heavy atom. The summed E-state index contributed by atoms with van der Waals surface area (Å²) in [6.45, 7) is 3.24. The fourth-order valence-corrected chi connectivity index (χ4v) is 2.26. The van der Waals surface area contributed by atoms with Crippen molar-refractivity contribution in [3.8, 4) is 0 Å². The molecule has 1 unspecified atom stereocenters. The lowest BCUT2D eigenvalue weighted by atomic mass is 9.90. The van der Waals surface area contributed by atoms with E-state index in [1.807, 2.05) is 6.92 Å². The van der Waals surface area contributed by atoms with Gasteiger partial charge in [0.1, 0.15) is 0 Å². The van der Waals surface area contributed by atoms with Crippen LogP contribution in [0.2, 0.25) is 0 Å². The third-order valence-electron chi connectivity index (χ3n) is 2.88. The van der Waals surface area contributed by atoms with Crippen LogP contribution in [0, 0.1) is 6.92 Å². The lowest BCUT2D eigenvalue weighted by Gasteiger charge is -2.30. The summed E-state index contributed by atoms with van der Waals surface area (Å²) >= 11 is 0. The number of aromatic nitrogens is 2. The third-order valence-corrected chi connectivity index (χ3v) is 2.88. The number of nitrogens with one attached hydrogen (secondary N) is 1. The molecule has 78 valence electrons. The standard InChI is InChI=1S/C10H16FN3/c1-8-6-13-14(2)9(8)10(11)4-3-5-12-7-10/h6,12H,3-5,7H2,1-2H3. The molecule has 0 bridgehead atoms. The molecule has 1 aliphatic heterocycles. The average molecular weight is 197 g/mol. The van der Waals surface area contributed by atoms with Gasteiger partial charge in [0.15, 0.2) is 5.67 Å². The first-order valence-corrected chi connectivity index (χ1v) is 5.02. The SMILES string of the molecule is Cc1cnn(C)c1C1(F)CCCNC1. The first-order valence-electron chi connectivity index (χ1n) is 5.02. The van der Waals surface area contributed by atoms with Crippen LogP contribution in [0.15, 0.2) is 6.20 Å². The summed E-state index contributed by atoms with van der Waals surface area (Å²) < 4.78 is 16.2. The highest BCUT2D eigenvalue weighted by molar-refractivity contribution is 5.24. The molecular formula is C10H16FN3. The number of alkyl halides is 1. The van der Waals surface area contributed by atoms with Crippen molar-refractivity contribution in [3.05, 3.63) is 17.5 Å². The Kier molecular flexibility index (Phi) is 2.31. The minimum atomic E-state index is -1.23. The Labute approximate surface area is 83.3 Å². The average Bonchev–Trinajstić information content (AvgIpc) is 2.48. The van der Waals surface area contributed by atoms with Gasteiger partial charge in [-0.1, -0.05) is 0 Å². The van der Waals surface area contributed by atoms with E-state index in [-0.39, 0.29) is 0 Å². The number of hydrogen-bond donors (Lipinski definition) is 1. The predicted octanol–water partition coefficient (Wildman–Crippen LogP) is 1.28. The molecule has 0 spiro atoms. The van der Waals surface area contributed by atoms with Gasteiger partial charge >= 0.3 is 0 Å². The van der Waals surface area contributed by atoms with Crippen molar-refractivity contribution in [2.75, 3.05) is 13.1 Å². The second-order valence-electron chi connectivity index (χ2n) is 4.05. The van der Waals surface area contributed by atoms with Gasteiger partial charge in [-0.05, 0) is 31.9 Å². The van der Waals surface area contributed by atoms with E-state index in [1.165, 1.54) is 0 Å². The highest BCUT2D eigenvalue weighted by Crippen LogP contribution is 2.34. The van der Waals surface area contributed by atoms with Crippen LogP contribution in [0.3, 0.4) is 0 Å². The van der Waals surface area contributed by atoms with Crippen molar-refractivity contribution >= 4 is 0 Å². The molecule has 1 aromatic rings. The molecule has 0 amide bonds. The Morgan fingerprint density at radius 1 is 1.64 bits per heavy atom. The molecule has 4 heteroatoms. The van der Waals surface area contributed by atoms with Crippen LogP contribution in [0.25, 0.3) is 0 Å². The van der Waals surface area contributed by atoms with E-state index in [2.05, 4.69) is 10.4 Å². The summed E-state index contributed by atoms with van der Waals surface area (Å²) in [4.78, 5) is 0. The van der Waals surface area contributed by atoms with E-state index in [1.54, 1.807) is 17.9 Å². The van der Waals surface area contributed by atoms with Crippen LogP contribution in [-0.4, -0.2) is 22.9 Å². The van der Waals surface area contributed by atoms with Crippen molar-refractivity contribution in [1.29, 1.82) is 0 Å². The molecule has 0 aromatic carbocycles. The molecule has 2 heterocycles. The first kappa shape index (κ1) is 9.65. The van der Waals surface area contributed by atoms with Crippen LogP contribution < -0.4 is 5.32 Å². The lowest BCUT2D eigenvalue weighted by Crippen LogP contribution is -2.41. The van der Waals surface area contributed by atoms with Gasteiger partial charge in [0.05, 0.1) is 11.9 Å². The molecule has 1 saturated heterocycles. The number of hydrogen-bond acceptors (Lipinski definition) is 2. The van der Waals surface area contributed by atoms with Gasteiger partial charge in [0, 0.05) is 13.6 Å². The third kappa shape index (κ3) is 1.43. The molecule has 1 fully saturated rings. The Bertz CT molecular complexity index is 307. The van der Waals surface area contributed by atoms with Crippen LogP contribution in [0.4, 0.5) is 4.39 Å². The van der Waals surface area contributed by atoms with E-state index in [0.717, 1.165) is 24.2 Å². The highest BCUT2D eigenvalue weighted by atomic mass is 19.1.